The Hall–Kier alpha value is -0.820. The number of hydrogen-bond acceptors (Lipinski definition) is 2. The van der Waals surface area contributed by atoms with E-state index in [2.05, 4.69) is 47.3 Å². The smallest absolute Gasteiger partial charge is 0.193 e. The highest BCUT2D eigenvalue weighted by Crippen LogP contribution is 2.24. The van der Waals surface area contributed by atoms with Crippen LogP contribution in [0.15, 0.2) is 23.2 Å². The SMILES string of the molecule is CC1CCN(C(C)CN=C(N)Nc2ccc3c(c2)CCC3)CC1.I. The van der Waals surface area contributed by atoms with Crippen molar-refractivity contribution < 1.29 is 0 Å². The van der Waals surface area contributed by atoms with Crippen LogP contribution in [-0.2, 0) is 12.8 Å². The van der Waals surface area contributed by atoms with E-state index in [9.17, 15) is 0 Å². The fraction of sp³-hybridized carbons (Fsp3) is 0.632. The van der Waals surface area contributed by atoms with Gasteiger partial charge in [-0.2, -0.15) is 0 Å². The lowest BCUT2D eigenvalue weighted by Crippen LogP contribution is -2.41. The Labute approximate surface area is 163 Å². The summed E-state index contributed by atoms with van der Waals surface area (Å²) >= 11 is 0. The molecule has 0 bridgehead atoms. The standard InChI is InChI=1S/C19H30N4.HI/c1-14-8-10-23(11-9-14)15(2)13-21-19(20)22-18-7-6-16-4-3-5-17(16)12-18;/h6-7,12,14-15H,3-5,8-11,13H2,1-2H3,(H3,20,21,22);1H. The molecule has 1 fully saturated rings. The highest BCUT2D eigenvalue weighted by Gasteiger charge is 2.20. The van der Waals surface area contributed by atoms with Gasteiger partial charge in [-0.15, -0.1) is 24.0 Å². The summed E-state index contributed by atoms with van der Waals surface area (Å²) in [6.07, 6.45) is 6.28. The third-order valence-electron chi connectivity index (χ3n) is 5.34. The number of likely N-dealkylation sites (tertiary alicyclic amines) is 1. The summed E-state index contributed by atoms with van der Waals surface area (Å²) in [5, 5.41) is 3.25. The number of aliphatic imine (C=N–C) groups is 1. The monoisotopic (exact) mass is 442 g/mol. The fourth-order valence-electron chi connectivity index (χ4n) is 3.65. The first-order valence-electron chi connectivity index (χ1n) is 9.04. The maximum Gasteiger partial charge on any atom is 0.193 e. The van der Waals surface area contributed by atoms with Gasteiger partial charge in [-0.1, -0.05) is 13.0 Å². The molecule has 1 aromatic rings. The minimum atomic E-state index is 0. The Kier molecular flexibility index (Phi) is 7.34. The molecule has 0 saturated carbocycles. The summed E-state index contributed by atoms with van der Waals surface area (Å²) in [7, 11) is 0. The highest BCUT2D eigenvalue weighted by atomic mass is 127. The number of nitrogens with two attached hydrogens (primary N) is 1. The van der Waals surface area contributed by atoms with Crippen LogP contribution in [-0.4, -0.2) is 36.5 Å². The van der Waals surface area contributed by atoms with Gasteiger partial charge in [-0.25, -0.2) is 0 Å². The fourth-order valence-corrected chi connectivity index (χ4v) is 3.65. The summed E-state index contributed by atoms with van der Waals surface area (Å²) in [6.45, 7) is 7.74. The summed E-state index contributed by atoms with van der Waals surface area (Å²) in [6, 6.07) is 7.01. The van der Waals surface area contributed by atoms with Gasteiger partial charge in [-0.05, 0) is 81.3 Å². The number of anilines is 1. The van der Waals surface area contributed by atoms with Crippen molar-refractivity contribution in [2.24, 2.45) is 16.6 Å². The maximum absolute atomic E-state index is 6.07. The summed E-state index contributed by atoms with van der Waals surface area (Å²) in [5.74, 6) is 1.40. The number of hydrogen-bond donors (Lipinski definition) is 2. The lowest BCUT2D eigenvalue weighted by Gasteiger charge is -2.34. The van der Waals surface area contributed by atoms with Gasteiger partial charge >= 0.3 is 0 Å². The second kappa shape index (κ2) is 9.04. The van der Waals surface area contributed by atoms with E-state index in [0.29, 0.717) is 12.0 Å². The molecule has 24 heavy (non-hydrogen) atoms. The van der Waals surface area contributed by atoms with Crippen LogP contribution in [0, 0.1) is 5.92 Å². The van der Waals surface area contributed by atoms with Gasteiger partial charge in [-0.3, -0.25) is 9.89 Å². The molecule has 3 rings (SSSR count). The largest absolute Gasteiger partial charge is 0.370 e. The van der Waals surface area contributed by atoms with Crippen LogP contribution >= 0.6 is 24.0 Å². The molecule has 1 aromatic carbocycles. The second-order valence-corrected chi connectivity index (χ2v) is 7.26. The number of rotatable bonds is 4. The third-order valence-corrected chi connectivity index (χ3v) is 5.34. The van der Waals surface area contributed by atoms with Crippen LogP contribution in [0.5, 0.6) is 0 Å². The number of nitrogens with one attached hydrogen (secondary N) is 1. The Morgan fingerprint density at radius 3 is 2.75 bits per heavy atom. The molecule has 0 radical (unpaired) electrons. The molecule has 1 saturated heterocycles. The van der Waals surface area contributed by atoms with E-state index in [1.54, 1.807) is 0 Å². The van der Waals surface area contributed by atoms with Crippen LogP contribution in [0.3, 0.4) is 0 Å². The predicted octanol–water partition coefficient (Wildman–Crippen LogP) is 3.64. The zero-order valence-electron chi connectivity index (χ0n) is 14.9. The highest BCUT2D eigenvalue weighted by molar-refractivity contribution is 14.0. The van der Waals surface area contributed by atoms with Crippen LogP contribution in [0.25, 0.3) is 0 Å². The summed E-state index contributed by atoms with van der Waals surface area (Å²) in [4.78, 5) is 7.08. The van der Waals surface area contributed by atoms with Crippen LogP contribution in [0.4, 0.5) is 5.69 Å². The number of piperidine rings is 1. The van der Waals surface area contributed by atoms with Gasteiger partial charge in [0.1, 0.15) is 0 Å². The van der Waals surface area contributed by atoms with E-state index in [0.717, 1.165) is 18.2 Å². The van der Waals surface area contributed by atoms with Crippen molar-refractivity contribution in [1.82, 2.24) is 4.90 Å². The number of guanidine groups is 1. The van der Waals surface area contributed by atoms with Crippen molar-refractivity contribution in [2.45, 2.75) is 52.0 Å². The molecule has 0 aromatic heterocycles. The van der Waals surface area contributed by atoms with Gasteiger partial charge < -0.3 is 11.1 Å². The van der Waals surface area contributed by atoms with Gasteiger partial charge in [0, 0.05) is 11.7 Å². The molecule has 1 heterocycles. The molecule has 5 heteroatoms. The van der Waals surface area contributed by atoms with Gasteiger partial charge in [0.05, 0.1) is 6.54 Å². The predicted molar refractivity (Wildman–Crippen MR) is 113 cm³/mol. The summed E-state index contributed by atoms with van der Waals surface area (Å²) < 4.78 is 0. The minimum absolute atomic E-state index is 0. The first-order chi connectivity index (χ1) is 11.1. The minimum Gasteiger partial charge on any atom is -0.370 e. The van der Waals surface area contributed by atoms with Crippen LogP contribution in [0.2, 0.25) is 0 Å². The molecule has 2 aliphatic rings. The molecule has 0 amide bonds. The molecule has 134 valence electrons. The molecule has 1 aliphatic heterocycles. The van der Waals surface area contributed by atoms with Gasteiger partial charge in [0.2, 0.25) is 0 Å². The molecular weight excluding hydrogens is 411 g/mol. The number of halogens is 1. The van der Waals surface area contributed by atoms with E-state index < -0.39 is 0 Å². The molecule has 1 unspecified atom stereocenters. The van der Waals surface area contributed by atoms with Crippen molar-refractivity contribution in [3.63, 3.8) is 0 Å². The summed E-state index contributed by atoms with van der Waals surface area (Å²) in [5.41, 5.74) is 10.1. The molecule has 3 N–H and O–H groups in total. The Bertz CT molecular complexity index is 564. The van der Waals surface area contributed by atoms with Crippen molar-refractivity contribution in [2.75, 3.05) is 25.0 Å². The van der Waals surface area contributed by atoms with Crippen LogP contribution in [0.1, 0.15) is 44.2 Å². The zero-order valence-corrected chi connectivity index (χ0v) is 17.3. The van der Waals surface area contributed by atoms with Crippen molar-refractivity contribution >= 4 is 35.6 Å². The Balaban J connectivity index is 0.00000208. The number of nitrogens with zero attached hydrogens (tertiary/aromatic N) is 2. The second-order valence-electron chi connectivity index (χ2n) is 7.26. The number of aryl methyl sites for hydroxylation is 2. The van der Waals surface area contributed by atoms with Crippen molar-refractivity contribution in [3.05, 3.63) is 29.3 Å². The Morgan fingerprint density at radius 2 is 2.00 bits per heavy atom. The maximum atomic E-state index is 6.07. The zero-order chi connectivity index (χ0) is 16.2. The first-order valence-corrected chi connectivity index (χ1v) is 9.04. The topological polar surface area (TPSA) is 53.6 Å². The molecule has 0 spiro atoms. The van der Waals surface area contributed by atoms with E-state index in [4.69, 9.17) is 5.73 Å². The van der Waals surface area contributed by atoms with E-state index in [-0.39, 0.29) is 24.0 Å². The Morgan fingerprint density at radius 1 is 1.29 bits per heavy atom. The first kappa shape index (κ1) is 19.5. The third kappa shape index (κ3) is 5.09. The van der Waals surface area contributed by atoms with Crippen molar-refractivity contribution in [3.8, 4) is 0 Å². The van der Waals surface area contributed by atoms with Crippen LogP contribution < -0.4 is 11.1 Å². The van der Waals surface area contributed by atoms with Gasteiger partial charge in [0.15, 0.2) is 5.96 Å². The average Bonchev–Trinajstić information content (AvgIpc) is 3.01. The average molecular weight is 442 g/mol. The normalized spacial score (nSPS) is 20.3. The molecular formula is C19H31IN4. The molecule has 1 atom stereocenters. The molecule has 1 aliphatic carbocycles. The van der Waals surface area contributed by atoms with E-state index >= 15 is 0 Å². The lowest BCUT2D eigenvalue weighted by molar-refractivity contribution is 0.150. The quantitative estimate of drug-likeness (QED) is 0.425. The van der Waals surface area contributed by atoms with E-state index in [1.165, 1.54) is 56.3 Å². The van der Waals surface area contributed by atoms with Crippen molar-refractivity contribution in [1.29, 1.82) is 0 Å². The number of benzene rings is 1. The molecule has 4 nitrogen and oxygen atoms in total. The van der Waals surface area contributed by atoms with E-state index in [1.807, 2.05) is 0 Å². The number of fused-ring (bicyclic) bond motifs is 1. The lowest BCUT2D eigenvalue weighted by atomic mass is 9.98. The van der Waals surface area contributed by atoms with Gasteiger partial charge in [0.25, 0.3) is 0 Å².